The smallest absolute Gasteiger partial charge is 0.364 e. The quantitative estimate of drug-likeness (QED) is 0.687. The van der Waals surface area contributed by atoms with Gasteiger partial charge in [-0.15, -0.1) is 0 Å². The molecule has 1 fully saturated rings. The predicted octanol–water partition coefficient (Wildman–Crippen LogP) is 3.06. The van der Waals surface area contributed by atoms with Gasteiger partial charge in [0.05, 0.1) is 17.5 Å². The van der Waals surface area contributed by atoms with Gasteiger partial charge in [-0.1, -0.05) is 12.1 Å². The summed E-state index contributed by atoms with van der Waals surface area (Å²) in [6.45, 7) is 4.84. The van der Waals surface area contributed by atoms with E-state index in [2.05, 4.69) is 20.3 Å². The summed E-state index contributed by atoms with van der Waals surface area (Å²) in [5.74, 6) is 0.320. The number of rotatable bonds is 4. The first-order chi connectivity index (χ1) is 14.7. The molecule has 31 heavy (non-hydrogen) atoms. The summed E-state index contributed by atoms with van der Waals surface area (Å²) in [6.07, 6.45) is -2.68. The van der Waals surface area contributed by atoms with Crippen molar-refractivity contribution < 1.29 is 18.0 Å². The van der Waals surface area contributed by atoms with Gasteiger partial charge < -0.3 is 15.1 Å². The second-order valence-electron chi connectivity index (χ2n) is 7.74. The van der Waals surface area contributed by atoms with Crippen molar-refractivity contribution in [3.8, 4) is 0 Å². The summed E-state index contributed by atoms with van der Waals surface area (Å²) in [4.78, 5) is 21.3. The molecular formula is C21H23F3N6O. The van der Waals surface area contributed by atoms with Gasteiger partial charge in [0.25, 0.3) is 5.91 Å². The molecule has 1 aliphatic rings. The lowest BCUT2D eigenvalue weighted by molar-refractivity contribution is -0.137. The summed E-state index contributed by atoms with van der Waals surface area (Å²) in [7, 11) is 2.02. The van der Waals surface area contributed by atoms with Crippen molar-refractivity contribution in [1.29, 1.82) is 0 Å². The van der Waals surface area contributed by atoms with E-state index in [1.807, 2.05) is 7.05 Å². The number of anilines is 1. The molecule has 1 saturated heterocycles. The Morgan fingerprint density at radius 2 is 1.90 bits per heavy atom. The second-order valence-corrected chi connectivity index (χ2v) is 7.74. The van der Waals surface area contributed by atoms with E-state index in [0.717, 1.165) is 25.2 Å². The maximum Gasteiger partial charge on any atom is 0.416 e. The SMILES string of the molecule is Cc1cn2nc(C(=O)N3CCN(C)CC3)cc2c(NCc2cccc(C(F)(F)F)c2)n1. The molecule has 1 N–H and O–H groups in total. The third-order valence-electron chi connectivity index (χ3n) is 5.30. The molecule has 2 aromatic heterocycles. The van der Waals surface area contributed by atoms with Crippen LogP contribution in [0.5, 0.6) is 0 Å². The molecule has 7 nitrogen and oxygen atoms in total. The average Bonchev–Trinajstić information content (AvgIpc) is 3.15. The summed E-state index contributed by atoms with van der Waals surface area (Å²) in [5.41, 5.74) is 1.36. The Labute approximate surface area is 177 Å². The Morgan fingerprint density at radius 1 is 1.16 bits per heavy atom. The highest BCUT2D eigenvalue weighted by Crippen LogP contribution is 2.29. The molecule has 164 valence electrons. The van der Waals surface area contributed by atoms with Crippen LogP contribution in [0.4, 0.5) is 19.0 Å². The van der Waals surface area contributed by atoms with Crippen LogP contribution in [0.1, 0.15) is 27.3 Å². The van der Waals surface area contributed by atoms with E-state index < -0.39 is 11.7 Å². The van der Waals surface area contributed by atoms with Crippen LogP contribution in [0.2, 0.25) is 0 Å². The van der Waals surface area contributed by atoms with E-state index in [1.165, 1.54) is 6.07 Å². The van der Waals surface area contributed by atoms with E-state index >= 15 is 0 Å². The molecule has 1 aliphatic heterocycles. The number of likely N-dealkylation sites (N-methyl/N-ethyl adjacent to an activating group) is 1. The topological polar surface area (TPSA) is 65.8 Å². The van der Waals surface area contributed by atoms with Crippen LogP contribution in [-0.4, -0.2) is 63.5 Å². The number of hydrogen-bond acceptors (Lipinski definition) is 5. The van der Waals surface area contributed by atoms with Gasteiger partial charge >= 0.3 is 6.18 Å². The number of amides is 1. The molecule has 3 aromatic rings. The fraction of sp³-hybridized carbons (Fsp3) is 0.381. The van der Waals surface area contributed by atoms with Gasteiger partial charge in [0, 0.05) is 38.8 Å². The van der Waals surface area contributed by atoms with Crippen LogP contribution in [0.3, 0.4) is 0 Å². The Morgan fingerprint density at radius 3 is 2.61 bits per heavy atom. The molecule has 0 unspecified atom stereocenters. The Bertz CT molecular complexity index is 1100. The van der Waals surface area contributed by atoms with Crippen molar-refractivity contribution >= 4 is 17.2 Å². The van der Waals surface area contributed by atoms with Gasteiger partial charge in [0.1, 0.15) is 5.52 Å². The van der Waals surface area contributed by atoms with E-state index in [9.17, 15) is 18.0 Å². The minimum atomic E-state index is -4.39. The Hall–Kier alpha value is -3.14. The van der Waals surface area contributed by atoms with Crippen molar-refractivity contribution in [2.24, 2.45) is 0 Å². The number of hydrogen-bond donors (Lipinski definition) is 1. The van der Waals surface area contributed by atoms with Crippen molar-refractivity contribution in [2.75, 3.05) is 38.5 Å². The number of carbonyl (C=O) groups is 1. The fourth-order valence-electron chi connectivity index (χ4n) is 3.56. The number of aryl methyl sites for hydroxylation is 1. The Balaban J connectivity index is 1.56. The maximum atomic E-state index is 13.0. The van der Waals surface area contributed by atoms with Crippen LogP contribution in [-0.2, 0) is 12.7 Å². The zero-order valence-corrected chi connectivity index (χ0v) is 17.3. The first-order valence-electron chi connectivity index (χ1n) is 9.95. The summed E-state index contributed by atoms with van der Waals surface area (Å²) in [5, 5.41) is 7.50. The highest BCUT2D eigenvalue weighted by atomic mass is 19.4. The number of nitrogens with one attached hydrogen (secondary N) is 1. The monoisotopic (exact) mass is 432 g/mol. The normalized spacial score (nSPS) is 15.5. The van der Waals surface area contributed by atoms with Gasteiger partial charge in [0.2, 0.25) is 0 Å². The van der Waals surface area contributed by atoms with E-state index in [4.69, 9.17) is 0 Å². The number of carbonyl (C=O) groups excluding carboxylic acids is 1. The molecule has 0 saturated carbocycles. The third kappa shape index (κ3) is 4.63. The number of halogens is 3. The molecule has 4 rings (SSSR count). The second kappa shape index (κ2) is 8.18. The molecule has 3 heterocycles. The zero-order valence-electron chi connectivity index (χ0n) is 17.3. The van der Waals surface area contributed by atoms with Crippen LogP contribution in [0.15, 0.2) is 36.5 Å². The third-order valence-corrected chi connectivity index (χ3v) is 5.30. The number of alkyl halides is 3. The molecule has 1 amide bonds. The molecule has 0 aliphatic carbocycles. The van der Waals surface area contributed by atoms with E-state index in [0.29, 0.717) is 41.4 Å². The van der Waals surface area contributed by atoms with Crippen molar-refractivity contribution in [3.63, 3.8) is 0 Å². The molecule has 0 bridgehead atoms. The fourth-order valence-corrected chi connectivity index (χ4v) is 3.56. The minimum absolute atomic E-state index is 0.140. The number of nitrogens with zero attached hydrogens (tertiary/aromatic N) is 5. The highest BCUT2D eigenvalue weighted by Gasteiger charge is 2.30. The number of piperazine rings is 1. The lowest BCUT2D eigenvalue weighted by Gasteiger charge is -2.31. The van der Waals surface area contributed by atoms with Crippen LogP contribution in [0, 0.1) is 6.92 Å². The maximum absolute atomic E-state index is 13.0. The van der Waals surface area contributed by atoms with E-state index in [-0.39, 0.29) is 12.5 Å². The lowest BCUT2D eigenvalue weighted by Crippen LogP contribution is -2.47. The summed E-state index contributed by atoms with van der Waals surface area (Å²) in [6, 6.07) is 6.82. The van der Waals surface area contributed by atoms with E-state index in [1.54, 1.807) is 34.7 Å². The van der Waals surface area contributed by atoms with Gasteiger partial charge in [-0.25, -0.2) is 9.50 Å². The molecule has 0 spiro atoms. The molecule has 1 aromatic carbocycles. The number of aromatic nitrogens is 3. The van der Waals surface area contributed by atoms with Crippen LogP contribution < -0.4 is 5.32 Å². The lowest BCUT2D eigenvalue weighted by atomic mass is 10.1. The molecular weight excluding hydrogens is 409 g/mol. The summed E-state index contributed by atoms with van der Waals surface area (Å²) < 4.78 is 40.5. The van der Waals surface area contributed by atoms with Gasteiger partial charge in [0.15, 0.2) is 11.5 Å². The first kappa shape index (κ1) is 21.1. The minimum Gasteiger partial charge on any atom is -0.364 e. The first-order valence-corrected chi connectivity index (χ1v) is 9.95. The molecule has 0 radical (unpaired) electrons. The van der Waals surface area contributed by atoms with Gasteiger partial charge in [-0.3, -0.25) is 4.79 Å². The van der Waals surface area contributed by atoms with Gasteiger partial charge in [-0.2, -0.15) is 18.3 Å². The van der Waals surface area contributed by atoms with Crippen molar-refractivity contribution in [3.05, 3.63) is 59.0 Å². The summed E-state index contributed by atoms with van der Waals surface area (Å²) >= 11 is 0. The number of fused-ring (bicyclic) bond motifs is 1. The Kier molecular flexibility index (Phi) is 5.57. The zero-order chi connectivity index (χ0) is 22.2. The van der Waals surface area contributed by atoms with Gasteiger partial charge in [-0.05, 0) is 31.7 Å². The van der Waals surface area contributed by atoms with Crippen LogP contribution >= 0.6 is 0 Å². The predicted molar refractivity (Wildman–Crippen MR) is 110 cm³/mol. The van der Waals surface area contributed by atoms with Crippen molar-refractivity contribution in [2.45, 2.75) is 19.6 Å². The van der Waals surface area contributed by atoms with Crippen LogP contribution in [0.25, 0.3) is 5.52 Å². The number of benzene rings is 1. The highest BCUT2D eigenvalue weighted by molar-refractivity contribution is 5.94. The molecule has 10 heteroatoms. The van der Waals surface area contributed by atoms with Crippen molar-refractivity contribution in [1.82, 2.24) is 24.4 Å². The average molecular weight is 432 g/mol. The molecule has 0 atom stereocenters. The standard InChI is InChI=1S/C21H23F3N6O/c1-14-13-30-18(11-17(27-30)20(31)29-8-6-28(2)7-9-29)19(26-14)25-12-15-4-3-5-16(10-15)21(22,23)24/h3-5,10-11,13H,6-9,12H2,1-2H3,(H,25,26). The largest absolute Gasteiger partial charge is 0.416 e.